The summed E-state index contributed by atoms with van der Waals surface area (Å²) in [6.07, 6.45) is -5.98. The zero-order valence-electron chi connectivity index (χ0n) is 17.2. The van der Waals surface area contributed by atoms with Gasteiger partial charge in [-0.1, -0.05) is 24.3 Å². The van der Waals surface area contributed by atoms with Crippen LogP contribution in [0.25, 0.3) is 10.9 Å². The molecule has 2 aromatic heterocycles. The van der Waals surface area contributed by atoms with E-state index < -0.39 is 41.0 Å². The largest absolute Gasteiger partial charge is 0.416 e. The quantitative estimate of drug-likeness (QED) is 0.359. The monoisotopic (exact) mass is 475 g/mol. The Labute approximate surface area is 189 Å². The molecule has 2 aromatic carbocycles. The van der Waals surface area contributed by atoms with E-state index in [0.717, 1.165) is 48.1 Å². The van der Waals surface area contributed by atoms with Crippen molar-refractivity contribution in [3.05, 3.63) is 107 Å². The molecule has 1 N–H and O–H groups in total. The Hall–Kier alpha value is -3.95. The average Bonchev–Trinajstić information content (AvgIpc) is 2.81. The van der Waals surface area contributed by atoms with Crippen LogP contribution in [0.15, 0.2) is 79.3 Å². The second-order valence-corrected chi connectivity index (χ2v) is 7.40. The Morgan fingerprint density at radius 2 is 1.59 bits per heavy atom. The standard InChI is InChI=1S/C24H15F6N3O/c25-23(26,27)17-7-5-15(6-8-17)21(18-13-31-11-9-19(18)24(28,29)30)33-22(34)16-4-3-14-2-1-10-32-20(14)12-16/h1-13,21H,(H,33,34)/t21-/m0/s1. The van der Waals surface area contributed by atoms with Crippen LogP contribution >= 0.6 is 0 Å². The first-order valence-electron chi connectivity index (χ1n) is 9.88. The van der Waals surface area contributed by atoms with Crippen LogP contribution in [0.2, 0.25) is 0 Å². The first-order valence-corrected chi connectivity index (χ1v) is 9.88. The molecular weight excluding hydrogens is 460 g/mol. The molecule has 0 aliphatic carbocycles. The lowest BCUT2D eigenvalue weighted by atomic mass is 9.94. The Bertz CT molecular complexity index is 1330. The third-order valence-corrected chi connectivity index (χ3v) is 5.18. The summed E-state index contributed by atoms with van der Waals surface area (Å²) in [5.41, 5.74) is -1.78. The molecule has 0 spiro atoms. The average molecular weight is 475 g/mol. The summed E-state index contributed by atoms with van der Waals surface area (Å²) in [4.78, 5) is 20.9. The second kappa shape index (κ2) is 8.77. The fraction of sp³-hybridized carbons (Fsp3) is 0.125. The smallest absolute Gasteiger partial charge is 0.341 e. The molecule has 10 heteroatoms. The summed E-state index contributed by atoms with van der Waals surface area (Å²) >= 11 is 0. The van der Waals surface area contributed by atoms with Crippen LogP contribution in [0.1, 0.15) is 38.7 Å². The van der Waals surface area contributed by atoms with E-state index in [2.05, 4.69) is 15.3 Å². The summed E-state index contributed by atoms with van der Waals surface area (Å²) in [7, 11) is 0. The van der Waals surface area contributed by atoms with E-state index in [9.17, 15) is 31.1 Å². The Balaban J connectivity index is 1.77. The van der Waals surface area contributed by atoms with Crippen molar-refractivity contribution in [2.75, 3.05) is 0 Å². The number of pyridine rings is 2. The molecule has 2 heterocycles. The van der Waals surface area contributed by atoms with Crippen molar-refractivity contribution >= 4 is 16.8 Å². The molecule has 4 nitrogen and oxygen atoms in total. The van der Waals surface area contributed by atoms with Crippen LogP contribution in [-0.2, 0) is 12.4 Å². The van der Waals surface area contributed by atoms with Crippen molar-refractivity contribution in [1.29, 1.82) is 0 Å². The molecule has 174 valence electrons. The van der Waals surface area contributed by atoms with Gasteiger partial charge in [0, 0.05) is 35.1 Å². The minimum Gasteiger partial charge on any atom is -0.341 e. The molecule has 1 atom stereocenters. The molecule has 0 radical (unpaired) electrons. The van der Waals surface area contributed by atoms with Crippen molar-refractivity contribution < 1.29 is 31.1 Å². The third-order valence-electron chi connectivity index (χ3n) is 5.18. The third kappa shape index (κ3) is 4.85. The highest BCUT2D eigenvalue weighted by molar-refractivity contribution is 5.98. The number of hydrogen-bond donors (Lipinski definition) is 1. The highest BCUT2D eigenvalue weighted by Gasteiger charge is 2.37. The lowest BCUT2D eigenvalue weighted by molar-refractivity contribution is -0.138. The van der Waals surface area contributed by atoms with Gasteiger partial charge in [-0.15, -0.1) is 0 Å². The predicted octanol–water partition coefficient (Wildman–Crippen LogP) is 6.19. The van der Waals surface area contributed by atoms with Gasteiger partial charge in [0.15, 0.2) is 0 Å². The minimum atomic E-state index is -4.78. The maximum absolute atomic E-state index is 13.7. The maximum Gasteiger partial charge on any atom is 0.416 e. The number of nitrogens with zero attached hydrogens (tertiary/aromatic N) is 2. The molecule has 4 rings (SSSR count). The van der Waals surface area contributed by atoms with Gasteiger partial charge in [-0.05, 0) is 42.0 Å². The molecular formula is C24H15F6N3O. The number of nitrogens with one attached hydrogen (secondary N) is 1. The lowest BCUT2D eigenvalue weighted by Crippen LogP contribution is -2.31. The predicted molar refractivity (Wildman–Crippen MR) is 112 cm³/mol. The fourth-order valence-corrected chi connectivity index (χ4v) is 3.52. The van der Waals surface area contributed by atoms with Crippen LogP contribution < -0.4 is 5.32 Å². The summed E-state index contributed by atoms with van der Waals surface area (Å²) in [6.45, 7) is 0. The number of carbonyl (C=O) groups is 1. The summed E-state index contributed by atoms with van der Waals surface area (Å²) < 4.78 is 80.0. The van der Waals surface area contributed by atoms with Crippen LogP contribution in [0.5, 0.6) is 0 Å². The lowest BCUT2D eigenvalue weighted by Gasteiger charge is -2.23. The summed E-state index contributed by atoms with van der Waals surface area (Å²) in [6, 6.07) is 11.0. The molecule has 0 fully saturated rings. The van der Waals surface area contributed by atoms with Crippen LogP contribution in [0.3, 0.4) is 0 Å². The number of aromatic nitrogens is 2. The Kier molecular flexibility index (Phi) is 5.99. The van der Waals surface area contributed by atoms with Crippen LogP contribution in [-0.4, -0.2) is 15.9 Å². The van der Waals surface area contributed by atoms with Crippen molar-refractivity contribution in [1.82, 2.24) is 15.3 Å². The summed E-state index contributed by atoms with van der Waals surface area (Å²) in [5, 5.41) is 3.27. The van der Waals surface area contributed by atoms with Gasteiger partial charge in [-0.2, -0.15) is 26.3 Å². The molecule has 1 amide bonds. The van der Waals surface area contributed by atoms with Gasteiger partial charge in [-0.3, -0.25) is 14.8 Å². The first kappa shape index (κ1) is 23.2. The van der Waals surface area contributed by atoms with E-state index in [1.165, 1.54) is 18.3 Å². The zero-order chi connectivity index (χ0) is 24.5. The SMILES string of the molecule is O=C(N[C@@H](c1ccc(C(F)(F)F)cc1)c1cnccc1C(F)(F)F)c1ccc2cccnc2c1. The number of halogens is 6. The van der Waals surface area contributed by atoms with E-state index in [1.807, 2.05) is 0 Å². The van der Waals surface area contributed by atoms with Crippen LogP contribution in [0.4, 0.5) is 26.3 Å². The Morgan fingerprint density at radius 1 is 0.853 bits per heavy atom. The van der Waals surface area contributed by atoms with Crippen molar-refractivity contribution in [3.8, 4) is 0 Å². The van der Waals surface area contributed by atoms with Gasteiger partial charge in [0.25, 0.3) is 5.91 Å². The van der Waals surface area contributed by atoms with Gasteiger partial charge >= 0.3 is 12.4 Å². The van der Waals surface area contributed by atoms with Crippen molar-refractivity contribution in [2.45, 2.75) is 18.4 Å². The van der Waals surface area contributed by atoms with Crippen LogP contribution in [0, 0.1) is 0 Å². The first-order chi connectivity index (χ1) is 16.0. The fourth-order valence-electron chi connectivity index (χ4n) is 3.52. The molecule has 0 saturated carbocycles. The molecule has 0 bridgehead atoms. The highest BCUT2D eigenvalue weighted by atomic mass is 19.4. The van der Waals surface area contributed by atoms with Gasteiger partial charge in [0.2, 0.25) is 0 Å². The van der Waals surface area contributed by atoms with Gasteiger partial charge in [0.1, 0.15) is 0 Å². The van der Waals surface area contributed by atoms with Gasteiger partial charge in [0.05, 0.1) is 22.7 Å². The van der Waals surface area contributed by atoms with E-state index in [4.69, 9.17) is 0 Å². The van der Waals surface area contributed by atoms with E-state index >= 15 is 0 Å². The normalized spacial score (nSPS) is 13.0. The number of benzene rings is 2. The topological polar surface area (TPSA) is 54.9 Å². The summed E-state index contributed by atoms with van der Waals surface area (Å²) in [5.74, 6) is -0.727. The molecule has 0 saturated heterocycles. The molecule has 0 aliphatic heterocycles. The second-order valence-electron chi connectivity index (χ2n) is 7.40. The van der Waals surface area contributed by atoms with Gasteiger partial charge in [-0.25, -0.2) is 0 Å². The number of rotatable bonds is 4. The molecule has 0 unspecified atom stereocenters. The number of carbonyl (C=O) groups excluding carboxylic acids is 1. The minimum absolute atomic E-state index is 0.0266. The molecule has 34 heavy (non-hydrogen) atoms. The van der Waals surface area contributed by atoms with Gasteiger partial charge < -0.3 is 5.32 Å². The zero-order valence-corrected chi connectivity index (χ0v) is 17.2. The molecule has 0 aliphatic rings. The number of alkyl halides is 6. The highest BCUT2D eigenvalue weighted by Crippen LogP contribution is 2.37. The number of amides is 1. The van der Waals surface area contributed by atoms with Crippen molar-refractivity contribution in [3.63, 3.8) is 0 Å². The van der Waals surface area contributed by atoms with E-state index in [0.29, 0.717) is 5.52 Å². The maximum atomic E-state index is 13.7. The van der Waals surface area contributed by atoms with E-state index in [1.54, 1.807) is 18.2 Å². The molecule has 4 aromatic rings. The number of hydrogen-bond acceptors (Lipinski definition) is 3. The van der Waals surface area contributed by atoms with Crippen molar-refractivity contribution in [2.24, 2.45) is 0 Å². The Morgan fingerprint density at radius 3 is 2.26 bits per heavy atom. The van der Waals surface area contributed by atoms with E-state index in [-0.39, 0.29) is 11.1 Å². The number of fused-ring (bicyclic) bond motifs is 1.